The first kappa shape index (κ1) is 15.0. The molecule has 0 bridgehead atoms. The molecule has 21 heavy (non-hydrogen) atoms. The van der Waals surface area contributed by atoms with Crippen LogP contribution in [-0.4, -0.2) is 4.98 Å². The zero-order valence-electron chi connectivity index (χ0n) is 12.7. The minimum atomic E-state index is 1.06. The van der Waals surface area contributed by atoms with Gasteiger partial charge < -0.3 is 4.90 Å². The van der Waals surface area contributed by atoms with E-state index in [1.54, 1.807) is 0 Å². The van der Waals surface area contributed by atoms with Gasteiger partial charge in [-0.05, 0) is 31.0 Å². The Morgan fingerprint density at radius 1 is 1.10 bits per heavy atom. The van der Waals surface area contributed by atoms with Crippen molar-refractivity contribution >= 4 is 11.4 Å². The van der Waals surface area contributed by atoms with Gasteiger partial charge >= 0.3 is 0 Å². The van der Waals surface area contributed by atoms with Crippen molar-refractivity contribution in [2.45, 2.75) is 26.7 Å². The van der Waals surface area contributed by atoms with E-state index in [1.165, 1.54) is 11.3 Å². The summed E-state index contributed by atoms with van der Waals surface area (Å²) in [7, 11) is 0. The van der Waals surface area contributed by atoms with E-state index in [2.05, 4.69) is 59.4 Å². The van der Waals surface area contributed by atoms with Crippen LogP contribution in [0.5, 0.6) is 0 Å². The van der Waals surface area contributed by atoms with Crippen LogP contribution < -0.4 is 4.90 Å². The zero-order chi connectivity index (χ0) is 14.9. The molecule has 0 fully saturated rings. The zero-order valence-corrected chi connectivity index (χ0v) is 12.7. The molecule has 0 saturated heterocycles. The number of benzene rings is 1. The maximum absolute atomic E-state index is 4.11. The Morgan fingerprint density at radius 3 is 2.43 bits per heavy atom. The summed E-state index contributed by atoms with van der Waals surface area (Å²) < 4.78 is 0. The molecule has 0 N–H and O–H groups in total. The summed E-state index contributed by atoms with van der Waals surface area (Å²) in [5.74, 6) is 0. The Bertz CT molecular complexity index is 585. The molecule has 0 amide bonds. The lowest BCUT2D eigenvalue weighted by Gasteiger charge is -2.24. The second kappa shape index (κ2) is 8.05. The molecule has 0 spiro atoms. The molecule has 108 valence electrons. The molecule has 0 radical (unpaired) electrons. The minimum Gasteiger partial charge on any atom is -0.317 e. The van der Waals surface area contributed by atoms with Gasteiger partial charge in [-0.25, -0.2) is 0 Å². The number of allylic oxidation sites excluding steroid dienone is 2. The highest BCUT2D eigenvalue weighted by Crippen LogP contribution is 2.27. The van der Waals surface area contributed by atoms with Gasteiger partial charge in [-0.3, -0.25) is 4.98 Å². The predicted molar refractivity (Wildman–Crippen MR) is 90.9 cm³/mol. The van der Waals surface area contributed by atoms with E-state index < -0.39 is 0 Å². The topological polar surface area (TPSA) is 16.1 Å². The molecule has 0 saturated carbocycles. The summed E-state index contributed by atoms with van der Waals surface area (Å²) in [4.78, 5) is 6.33. The van der Waals surface area contributed by atoms with E-state index in [0.717, 1.165) is 18.5 Å². The fourth-order valence-electron chi connectivity index (χ4n) is 2.20. The lowest BCUT2D eigenvalue weighted by molar-refractivity contribution is 0.956. The van der Waals surface area contributed by atoms with Crippen LogP contribution in [-0.2, 0) is 0 Å². The fraction of sp³-hybridized carbons (Fsp3) is 0.211. The van der Waals surface area contributed by atoms with Crippen LogP contribution in [0, 0.1) is 0 Å². The number of nitrogens with zero attached hydrogens (tertiary/aromatic N) is 2. The third-order valence-electron chi connectivity index (χ3n) is 3.19. The van der Waals surface area contributed by atoms with Gasteiger partial charge in [0.15, 0.2) is 0 Å². The normalized spacial score (nSPS) is 11.8. The van der Waals surface area contributed by atoms with Crippen LogP contribution in [0.2, 0.25) is 0 Å². The maximum atomic E-state index is 4.11. The monoisotopic (exact) mass is 278 g/mol. The van der Waals surface area contributed by atoms with Crippen molar-refractivity contribution in [1.29, 1.82) is 0 Å². The fourth-order valence-corrected chi connectivity index (χ4v) is 2.20. The molecule has 1 aromatic carbocycles. The van der Waals surface area contributed by atoms with Gasteiger partial charge in [-0.1, -0.05) is 55.8 Å². The highest BCUT2D eigenvalue weighted by Gasteiger charge is 2.10. The van der Waals surface area contributed by atoms with Gasteiger partial charge in [0, 0.05) is 30.0 Å². The molecule has 0 aliphatic carbocycles. The van der Waals surface area contributed by atoms with Gasteiger partial charge in [0.2, 0.25) is 0 Å². The second-order valence-corrected chi connectivity index (χ2v) is 4.80. The predicted octanol–water partition coefficient (Wildman–Crippen LogP) is 5.26. The first-order valence-electron chi connectivity index (χ1n) is 7.44. The van der Waals surface area contributed by atoms with E-state index in [1.807, 2.05) is 37.5 Å². The minimum absolute atomic E-state index is 1.06. The molecule has 0 aliphatic rings. The quantitative estimate of drug-likeness (QED) is 0.716. The van der Waals surface area contributed by atoms with Gasteiger partial charge in [-0.15, -0.1) is 0 Å². The van der Waals surface area contributed by atoms with Gasteiger partial charge in [0.25, 0.3) is 0 Å². The van der Waals surface area contributed by atoms with Crippen molar-refractivity contribution in [3.8, 4) is 0 Å². The molecule has 1 aromatic heterocycles. The summed E-state index contributed by atoms with van der Waals surface area (Å²) in [5, 5.41) is 0. The lowest BCUT2D eigenvalue weighted by Crippen LogP contribution is -2.14. The Kier molecular flexibility index (Phi) is 5.77. The standard InChI is InChI=1S/C19H22N2/c1-3-5-11-19(17-9-7-6-8-10-17)21(16-4-2)18-12-14-20-15-13-18/h4,6-16H,3,5H2,1-2H3/b16-4-,19-11+. The molecule has 1 heterocycles. The second-order valence-electron chi connectivity index (χ2n) is 4.80. The summed E-state index contributed by atoms with van der Waals surface area (Å²) in [6.45, 7) is 4.24. The van der Waals surface area contributed by atoms with Crippen LogP contribution in [0.25, 0.3) is 5.70 Å². The van der Waals surface area contributed by atoms with Crippen LogP contribution in [0.4, 0.5) is 5.69 Å². The van der Waals surface area contributed by atoms with E-state index in [-0.39, 0.29) is 0 Å². The van der Waals surface area contributed by atoms with Crippen molar-refractivity contribution in [3.63, 3.8) is 0 Å². The highest BCUT2D eigenvalue weighted by atomic mass is 15.1. The molecule has 0 aliphatic heterocycles. The van der Waals surface area contributed by atoms with E-state index in [9.17, 15) is 0 Å². The molecule has 2 nitrogen and oxygen atoms in total. The molecule has 2 rings (SSSR count). The lowest BCUT2D eigenvalue weighted by atomic mass is 10.1. The number of hydrogen-bond acceptors (Lipinski definition) is 2. The number of unbranched alkanes of at least 4 members (excludes halogenated alkanes) is 1. The van der Waals surface area contributed by atoms with Crippen LogP contribution in [0.15, 0.2) is 73.2 Å². The average molecular weight is 278 g/mol. The van der Waals surface area contributed by atoms with E-state index in [0.29, 0.717) is 0 Å². The number of hydrogen-bond donors (Lipinski definition) is 0. The largest absolute Gasteiger partial charge is 0.317 e. The smallest absolute Gasteiger partial charge is 0.0487 e. The Labute approximate surface area is 127 Å². The molecular weight excluding hydrogens is 256 g/mol. The molecule has 2 heteroatoms. The molecule has 2 aromatic rings. The summed E-state index contributed by atoms with van der Waals surface area (Å²) in [5.41, 5.74) is 3.55. The van der Waals surface area contributed by atoms with Crippen LogP contribution in [0.3, 0.4) is 0 Å². The summed E-state index contributed by atoms with van der Waals surface area (Å²) in [6, 6.07) is 14.6. The van der Waals surface area contributed by atoms with Crippen LogP contribution >= 0.6 is 0 Å². The van der Waals surface area contributed by atoms with Crippen molar-refractivity contribution in [2.75, 3.05) is 4.90 Å². The third kappa shape index (κ3) is 4.06. The van der Waals surface area contributed by atoms with Crippen molar-refractivity contribution in [1.82, 2.24) is 4.98 Å². The summed E-state index contributed by atoms with van der Waals surface area (Å²) >= 11 is 0. The SMILES string of the molecule is C/C=C\N(/C(=C/CCC)c1ccccc1)c1ccncc1. The Morgan fingerprint density at radius 2 is 1.81 bits per heavy atom. The van der Waals surface area contributed by atoms with Gasteiger partial charge in [0.1, 0.15) is 0 Å². The Balaban J connectivity index is 2.46. The van der Waals surface area contributed by atoms with Gasteiger partial charge in [0.05, 0.1) is 0 Å². The number of rotatable bonds is 6. The van der Waals surface area contributed by atoms with E-state index >= 15 is 0 Å². The maximum Gasteiger partial charge on any atom is 0.0487 e. The van der Waals surface area contributed by atoms with Crippen LogP contribution in [0.1, 0.15) is 32.3 Å². The van der Waals surface area contributed by atoms with Crippen molar-refractivity contribution in [3.05, 3.63) is 78.8 Å². The van der Waals surface area contributed by atoms with Crippen molar-refractivity contribution in [2.24, 2.45) is 0 Å². The van der Waals surface area contributed by atoms with Crippen molar-refractivity contribution < 1.29 is 0 Å². The highest BCUT2D eigenvalue weighted by molar-refractivity contribution is 5.81. The first-order chi connectivity index (χ1) is 10.4. The average Bonchev–Trinajstić information content (AvgIpc) is 2.56. The first-order valence-corrected chi connectivity index (χ1v) is 7.44. The summed E-state index contributed by atoms with van der Waals surface area (Å²) in [6.07, 6.45) is 12.3. The number of anilines is 1. The molecular formula is C19H22N2. The number of aromatic nitrogens is 1. The van der Waals surface area contributed by atoms with Gasteiger partial charge in [-0.2, -0.15) is 0 Å². The van der Waals surface area contributed by atoms with E-state index in [4.69, 9.17) is 0 Å². The molecule has 0 atom stereocenters. The molecule has 0 unspecified atom stereocenters. The Hall–Kier alpha value is -2.35. The number of pyridine rings is 1. The third-order valence-corrected chi connectivity index (χ3v) is 3.19.